The number of likely N-dealkylation sites (N-methyl/N-ethyl adjacent to an activating group) is 1. The number of aryl methyl sites for hydroxylation is 2. The number of aromatic nitrogens is 1. The van der Waals surface area contributed by atoms with Gasteiger partial charge in [-0.05, 0) is 87.7 Å². The molecule has 1 fully saturated rings. The van der Waals surface area contributed by atoms with Crippen LogP contribution in [0.2, 0.25) is 0 Å². The quantitative estimate of drug-likeness (QED) is 0.546. The summed E-state index contributed by atoms with van der Waals surface area (Å²) in [7, 11) is 0. The fourth-order valence-corrected chi connectivity index (χ4v) is 4.80. The van der Waals surface area contributed by atoms with E-state index in [4.69, 9.17) is 0 Å². The lowest BCUT2D eigenvalue weighted by molar-refractivity contribution is -0.122. The Balaban J connectivity index is 1.91. The first-order chi connectivity index (χ1) is 14.0. The van der Waals surface area contributed by atoms with Gasteiger partial charge in [-0.1, -0.05) is 25.5 Å². The normalized spacial score (nSPS) is 17.1. The van der Waals surface area contributed by atoms with Crippen molar-refractivity contribution >= 4 is 28.9 Å². The van der Waals surface area contributed by atoms with Crippen LogP contribution in [0.4, 0.5) is 0 Å². The minimum Gasteiger partial charge on any atom is -0.318 e. The Hall–Kier alpha value is -2.27. The number of hydrogen-bond acceptors (Lipinski definition) is 3. The summed E-state index contributed by atoms with van der Waals surface area (Å²) in [5, 5.41) is 0.808. The maximum absolute atomic E-state index is 12.8. The predicted octanol–water partition coefficient (Wildman–Crippen LogP) is 5.75. The number of rotatable bonds is 7. The van der Waals surface area contributed by atoms with Crippen LogP contribution in [0, 0.1) is 13.8 Å². The highest BCUT2D eigenvalue weighted by molar-refractivity contribution is 8.18. The van der Waals surface area contributed by atoms with Crippen LogP contribution in [0.5, 0.6) is 0 Å². The zero-order chi connectivity index (χ0) is 21.0. The molecule has 1 amide bonds. The van der Waals surface area contributed by atoms with Crippen molar-refractivity contribution in [1.82, 2.24) is 9.47 Å². The van der Waals surface area contributed by atoms with Gasteiger partial charge >= 0.3 is 0 Å². The zero-order valence-electron chi connectivity index (χ0n) is 18.2. The first kappa shape index (κ1) is 21.4. The molecule has 0 saturated carbocycles. The Morgan fingerprint density at radius 2 is 1.83 bits per heavy atom. The monoisotopic (exact) mass is 409 g/mol. The van der Waals surface area contributed by atoms with Gasteiger partial charge in [0.2, 0.25) is 0 Å². The van der Waals surface area contributed by atoms with Crippen molar-refractivity contribution in [2.24, 2.45) is 4.99 Å². The lowest BCUT2D eigenvalue weighted by Crippen LogP contribution is -2.28. The summed E-state index contributed by atoms with van der Waals surface area (Å²) in [6.07, 6.45) is 5.59. The van der Waals surface area contributed by atoms with Gasteiger partial charge in [-0.25, -0.2) is 0 Å². The first-order valence-corrected chi connectivity index (χ1v) is 11.4. The lowest BCUT2D eigenvalue weighted by Gasteiger charge is -2.11. The molecule has 0 unspecified atom stereocenters. The van der Waals surface area contributed by atoms with E-state index in [0.717, 1.165) is 27.8 Å². The number of amidine groups is 1. The van der Waals surface area contributed by atoms with Crippen LogP contribution in [-0.4, -0.2) is 33.6 Å². The van der Waals surface area contributed by atoms with Gasteiger partial charge in [0, 0.05) is 30.2 Å². The van der Waals surface area contributed by atoms with E-state index >= 15 is 0 Å². The van der Waals surface area contributed by atoms with Crippen molar-refractivity contribution in [3.63, 3.8) is 0 Å². The van der Waals surface area contributed by atoms with Crippen molar-refractivity contribution < 1.29 is 4.79 Å². The van der Waals surface area contributed by atoms with Gasteiger partial charge in [0.25, 0.3) is 5.91 Å². The Morgan fingerprint density at radius 1 is 1.10 bits per heavy atom. The van der Waals surface area contributed by atoms with Crippen LogP contribution in [0.1, 0.15) is 56.1 Å². The topological polar surface area (TPSA) is 37.6 Å². The molecule has 0 N–H and O–H groups in total. The van der Waals surface area contributed by atoms with Crippen molar-refractivity contribution in [3.8, 4) is 5.69 Å². The van der Waals surface area contributed by atoms with E-state index in [-0.39, 0.29) is 5.91 Å². The highest BCUT2D eigenvalue weighted by Gasteiger charge is 2.32. The van der Waals surface area contributed by atoms with E-state index in [1.165, 1.54) is 41.5 Å². The van der Waals surface area contributed by atoms with Crippen LogP contribution in [0.15, 0.2) is 40.2 Å². The Morgan fingerprint density at radius 3 is 2.45 bits per heavy atom. The third-order valence-corrected chi connectivity index (χ3v) is 6.31. The zero-order valence-corrected chi connectivity index (χ0v) is 19.0. The smallest absolute Gasteiger partial charge is 0.266 e. The van der Waals surface area contributed by atoms with Crippen molar-refractivity contribution in [2.45, 2.75) is 53.9 Å². The molecule has 5 heteroatoms. The molecule has 2 heterocycles. The van der Waals surface area contributed by atoms with Gasteiger partial charge in [0.15, 0.2) is 5.17 Å². The van der Waals surface area contributed by atoms with Crippen molar-refractivity contribution in [1.29, 1.82) is 0 Å². The number of thioether (sulfide) groups is 1. The maximum Gasteiger partial charge on any atom is 0.266 e. The molecule has 1 aliphatic heterocycles. The van der Waals surface area contributed by atoms with Crippen molar-refractivity contribution in [3.05, 3.63) is 57.8 Å². The number of benzene rings is 1. The number of aliphatic imine (C=N–C) groups is 1. The summed E-state index contributed by atoms with van der Waals surface area (Å²) < 4.78 is 2.26. The fourth-order valence-electron chi connectivity index (χ4n) is 3.70. The molecule has 1 saturated heterocycles. The molecule has 1 aromatic carbocycles. The molecule has 154 valence electrons. The second-order valence-electron chi connectivity index (χ2n) is 7.35. The summed E-state index contributed by atoms with van der Waals surface area (Å²) in [5.41, 5.74) is 5.95. The van der Waals surface area contributed by atoms with Gasteiger partial charge in [0.05, 0.1) is 4.91 Å². The standard InChI is InChI=1S/C24H31N3OS/c1-6-9-10-19-11-13-21(14-12-19)27-17(4)15-20(18(27)5)16-22-23(28)26(8-3)24(29-22)25-7-2/h11-16H,6-10H2,1-5H3/b22-16-,25-24?. The third-order valence-electron chi connectivity index (χ3n) is 5.27. The molecule has 4 nitrogen and oxygen atoms in total. The molecule has 1 aliphatic rings. The molecule has 1 aromatic heterocycles. The molecule has 29 heavy (non-hydrogen) atoms. The Labute approximate surface area is 178 Å². The number of carbonyl (C=O) groups excluding carboxylic acids is 1. The molecule has 0 aliphatic carbocycles. The van der Waals surface area contributed by atoms with E-state index < -0.39 is 0 Å². The SMILES string of the molecule is CCCCc1ccc(-n2c(C)cc(/C=C3\SC(=NCC)N(CC)C3=O)c2C)cc1. The first-order valence-electron chi connectivity index (χ1n) is 10.5. The minimum absolute atomic E-state index is 0.0507. The lowest BCUT2D eigenvalue weighted by atomic mass is 10.1. The number of hydrogen-bond donors (Lipinski definition) is 0. The van der Waals surface area contributed by atoms with Gasteiger partial charge in [0.1, 0.15) is 0 Å². The highest BCUT2D eigenvalue weighted by Crippen LogP contribution is 2.34. The van der Waals surface area contributed by atoms with Crippen LogP contribution in [0.25, 0.3) is 11.8 Å². The molecule has 3 rings (SSSR count). The van der Waals surface area contributed by atoms with Crippen LogP contribution < -0.4 is 0 Å². The van der Waals surface area contributed by atoms with Crippen molar-refractivity contribution in [2.75, 3.05) is 13.1 Å². The Bertz CT molecular complexity index is 938. The van der Waals surface area contributed by atoms with E-state index in [0.29, 0.717) is 13.1 Å². The second-order valence-corrected chi connectivity index (χ2v) is 8.36. The van der Waals surface area contributed by atoms with Gasteiger partial charge < -0.3 is 4.57 Å². The molecule has 0 radical (unpaired) electrons. The summed E-state index contributed by atoms with van der Waals surface area (Å²) in [6.45, 7) is 11.8. The molecule has 0 atom stereocenters. The average Bonchev–Trinajstić information content (AvgIpc) is 3.16. The average molecular weight is 410 g/mol. The summed E-state index contributed by atoms with van der Waals surface area (Å²) >= 11 is 1.48. The van der Waals surface area contributed by atoms with E-state index in [9.17, 15) is 4.79 Å². The summed E-state index contributed by atoms with van der Waals surface area (Å²) in [5.74, 6) is 0.0507. The van der Waals surface area contributed by atoms with E-state index in [1.807, 2.05) is 19.9 Å². The third kappa shape index (κ3) is 4.50. The molecule has 0 spiro atoms. The maximum atomic E-state index is 12.8. The number of unbranched alkanes of at least 4 members (excludes halogenated alkanes) is 1. The van der Waals surface area contributed by atoms with Crippen LogP contribution in [0.3, 0.4) is 0 Å². The Kier molecular flexibility index (Phi) is 7.01. The predicted molar refractivity (Wildman–Crippen MR) is 125 cm³/mol. The fraction of sp³-hybridized carbons (Fsp3) is 0.417. The molecular formula is C24H31N3OS. The second kappa shape index (κ2) is 9.49. The van der Waals surface area contributed by atoms with Gasteiger partial charge in [-0.2, -0.15) is 0 Å². The minimum atomic E-state index is 0.0507. The molecule has 2 aromatic rings. The van der Waals surface area contributed by atoms with Gasteiger partial charge in [-0.3, -0.25) is 14.7 Å². The highest BCUT2D eigenvalue weighted by atomic mass is 32.2. The molecular weight excluding hydrogens is 378 g/mol. The van der Waals surface area contributed by atoms with Gasteiger partial charge in [-0.15, -0.1) is 0 Å². The summed E-state index contributed by atoms with van der Waals surface area (Å²) in [4.78, 5) is 19.8. The molecule has 0 bridgehead atoms. The van der Waals surface area contributed by atoms with E-state index in [2.05, 4.69) is 60.7 Å². The number of amides is 1. The summed E-state index contributed by atoms with van der Waals surface area (Å²) in [6, 6.07) is 11.0. The number of carbonyl (C=O) groups is 1. The van der Waals surface area contributed by atoms with E-state index in [1.54, 1.807) is 4.90 Å². The number of nitrogens with zero attached hydrogens (tertiary/aromatic N) is 3. The van der Waals surface area contributed by atoms with Crippen LogP contribution in [-0.2, 0) is 11.2 Å². The van der Waals surface area contributed by atoms with Crippen LogP contribution >= 0.6 is 11.8 Å². The largest absolute Gasteiger partial charge is 0.318 e.